The van der Waals surface area contributed by atoms with Gasteiger partial charge in [-0.3, -0.25) is 9.59 Å². The second-order valence-electron chi connectivity index (χ2n) is 6.78. The molecule has 6 heteroatoms. The van der Waals surface area contributed by atoms with E-state index < -0.39 is 0 Å². The molecule has 0 atom stereocenters. The highest BCUT2D eigenvalue weighted by atomic mass is 32.2. The van der Waals surface area contributed by atoms with Gasteiger partial charge in [-0.05, 0) is 43.0 Å². The van der Waals surface area contributed by atoms with Crippen molar-refractivity contribution in [2.24, 2.45) is 0 Å². The molecule has 0 saturated carbocycles. The van der Waals surface area contributed by atoms with Crippen LogP contribution in [-0.4, -0.2) is 54.8 Å². The predicted molar refractivity (Wildman–Crippen MR) is 109 cm³/mol. The van der Waals surface area contributed by atoms with Crippen LogP contribution in [0.1, 0.15) is 15.9 Å². The van der Waals surface area contributed by atoms with E-state index in [0.717, 1.165) is 42.3 Å². The van der Waals surface area contributed by atoms with E-state index in [1.54, 1.807) is 0 Å². The zero-order chi connectivity index (χ0) is 18.8. The number of rotatable bonds is 2. The summed E-state index contributed by atoms with van der Waals surface area (Å²) in [6.45, 7) is 3.34. The summed E-state index contributed by atoms with van der Waals surface area (Å²) in [4.78, 5) is 30.7. The Morgan fingerprint density at radius 2 is 1.74 bits per heavy atom. The van der Waals surface area contributed by atoms with Gasteiger partial charge in [0.15, 0.2) is 0 Å². The van der Waals surface area contributed by atoms with Gasteiger partial charge >= 0.3 is 0 Å². The number of anilines is 1. The molecule has 5 nitrogen and oxygen atoms in total. The fourth-order valence-corrected chi connectivity index (χ4v) is 4.12. The van der Waals surface area contributed by atoms with Crippen LogP contribution in [0, 0.1) is 0 Å². The molecule has 2 amide bonds. The van der Waals surface area contributed by atoms with Crippen molar-refractivity contribution in [2.45, 2.75) is 4.90 Å². The van der Waals surface area contributed by atoms with Crippen molar-refractivity contribution in [3.63, 3.8) is 0 Å². The Balaban J connectivity index is 1.49. The topological polar surface area (TPSA) is 52.6 Å². The first-order valence-corrected chi connectivity index (χ1v) is 9.79. The number of hydrogen-bond acceptors (Lipinski definition) is 4. The molecule has 4 rings (SSSR count). The van der Waals surface area contributed by atoms with E-state index in [1.807, 2.05) is 59.5 Å². The molecule has 1 saturated heterocycles. The molecular weight excluding hydrogens is 358 g/mol. The van der Waals surface area contributed by atoms with Crippen molar-refractivity contribution in [1.82, 2.24) is 9.80 Å². The summed E-state index contributed by atoms with van der Waals surface area (Å²) < 4.78 is 0. The summed E-state index contributed by atoms with van der Waals surface area (Å²) in [6, 6.07) is 15.2. The van der Waals surface area contributed by atoms with Crippen molar-refractivity contribution < 1.29 is 9.59 Å². The van der Waals surface area contributed by atoms with Gasteiger partial charge in [0.25, 0.3) is 11.8 Å². The fraction of sp³-hybridized carbons (Fsp3) is 0.238. The average molecular weight is 379 g/mol. The molecule has 0 radical (unpaired) electrons. The van der Waals surface area contributed by atoms with Crippen LogP contribution in [0.4, 0.5) is 5.69 Å². The quantitative estimate of drug-likeness (QED) is 0.815. The highest BCUT2D eigenvalue weighted by molar-refractivity contribution is 8.04. The zero-order valence-electron chi connectivity index (χ0n) is 15.1. The standard InChI is InChI=1S/C21H21N3O2S/c1-23-10-12-24(13-11-23)21(26)16-8-6-15(7-9-16)14-19-20(25)22-17-4-2-3-5-18(17)27-19/h2-9,14H,10-13H2,1H3,(H,22,25). The van der Waals surface area contributed by atoms with Crippen LogP contribution in [-0.2, 0) is 4.79 Å². The van der Waals surface area contributed by atoms with Crippen molar-refractivity contribution >= 4 is 35.3 Å². The molecule has 0 spiro atoms. The number of piperazine rings is 1. The number of amides is 2. The number of carbonyl (C=O) groups is 2. The van der Waals surface area contributed by atoms with Crippen LogP contribution in [0.3, 0.4) is 0 Å². The minimum atomic E-state index is -0.101. The van der Waals surface area contributed by atoms with E-state index in [9.17, 15) is 9.59 Å². The van der Waals surface area contributed by atoms with Crippen LogP contribution in [0.15, 0.2) is 58.3 Å². The van der Waals surface area contributed by atoms with E-state index in [-0.39, 0.29) is 11.8 Å². The fourth-order valence-electron chi connectivity index (χ4n) is 3.17. The summed E-state index contributed by atoms with van der Waals surface area (Å²) in [7, 11) is 2.07. The molecule has 0 aromatic heterocycles. The minimum Gasteiger partial charge on any atom is -0.336 e. The van der Waals surface area contributed by atoms with E-state index in [2.05, 4.69) is 17.3 Å². The van der Waals surface area contributed by atoms with Gasteiger partial charge in [0.1, 0.15) is 0 Å². The molecule has 2 heterocycles. The molecular formula is C21H21N3O2S. The molecule has 2 aliphatic rings. The molecule has 0 aliphatic carbocycles. The predicted octanol–water partition coefficient (Wildman–Crippen LogP) is 3.16. The van der Waals surface area contributed by atoms with E-state index in [1.165, 1.54) is 11.8 Å². The lowest BCUT2D eigenvalue weighted by atomic mass is 10.1. The normalized spacial score (nSPS) is 18.9. The summed E-state index contributed by atoms with van der Waals surface area (Å²) in [5, 5.41) is 2.91. The number of para-hydroxylation sites is 1. The van der Waals surface area contributed by atoms with Crippen molar-refractivity contribution in [3.05, 3.63) is 64.6 Å². The molecule has 1 fully saturated rings. The lowest BCUT2D eigenvalue weighted by molar-refractivity contribution is -0.112. The number of nitrogens with one attached hydrogen (secondary N) is 1. The highest BCUT2D eigenvalue weighted by Gasteiger charge is 2.21. The number of likely N-dealkylation sites (N-methyl/N-ethyl adjacent to an activating group) is 1. The number of thioether (sulfide) groups is 1. The van der Waals surface area contributed by atoms with E-state index in [0.29, 0.717) is 10.5 Å². The average Bonchev–Trinajstić information content (AvgIpc) is 2.69. The Kier molecular flexibility index (Phi) is 5.01. The van der Waals surface area contributed by atoms with Gasteiger partial charge in [-0.2, -0.15) is 0 Å². The maximum atomic E-state index is 12.6. The van der Waals surface area contributed by atoms with Crippen LogP contribution in [0.5, 0.6) is 0 Å². The second-order valence-corrected chi connectivity index (χ2v) is 7.86. The molecule has 2 aromatic rings. The first kappa shape index (κ1) is 17.8. The molecule has 0 bridgehead atoms. The minimum absolute atomic E-state index is 0.0704. The van der Waals surface area contributed by atoms with E-state index in [4.69, 9.17) is 0 Å². The molecule has 1 N–H and O–H groups in total. The van der Waals surface area contributed by atoms with Crippen LogP contribution in [0.2, 0.25) is 0 Å². The monoisotopic (exact) mass is 379 g/mol. The number of fused-ring (bicyclic) bond motifs is 1. The Morgan fingerprint density at radius 3 is 2.48 bits per heavy atom. The third-order valence-corrected chi connectivity index (χ3v) is 5.92. The van der Waals surface area contributed by atoms with Crippen molar-refractivity contribution in [2.75, 3.05) is 38.5 Å². The highest BCUT2D eigenvalue weighted by Crippen LogP contribution is 2.38. The first-order valence-electron chi connectivity index (χ1n) is 8.98. The molecule has 27 heavy (non-hydrogen) atoms. The first-order chi connectivity index (χ1) is 13.1. The maximum absolute atomic E-state index is 12.6. The SMILES string of the molecule is CN1CCN(C(=O)c2ccc(C=C3Sc4ccccc4NC3=O)cc2)CC1. The third-order valence-electron chi connectivity index (χ3n) is 4.82. The molecule has 0 unspecified atom stereocenters. The second kappa shape index (κ2) is 7.58. The van der Waals surface area contributed by atoms with Gasteiger partial charge in [0.05, 0.1) is 10.6 Å². The summed E-state index contributed by atoms with van der Waals surface area (Å²) in [6.07, 6.45) is 1.86. The molecule has 2 aromatic carbocycles. The van der Waals surface area contributed by atoms with Gasteiger partial charge in [-0.25, -0.2) is 0 Å². The summed E-state index contributed by atoms with van der Waals surface area (Å²) in [5.74, 6) is -0.0303. The molecule has 138 valence electrons. The van der Waals surface area contributed by atoms with Gasteiger partial charge in [0, 0.05) is 36.6 Å². The van der Waals surface area contributed by atoms with Crippen LogP contribution < -0.4 is 5.32 Å². The number of benzene rings is 2. The number of carbonyl (C=O) groups excluding carboxylic acids is 2. The Hall–Kier alpha value is -2.57. The van der Waals surface area contributed by atoms with Gasteiger partial charge in [-0.1, -0.05) is 36.0 Å². The number of nitrogens with zero attached hydrogens (tertiary/aromatic N) is 2. The van der Waals surface area contributed by atoms with Gasteiger partial charge < -0.3 is 15.1 Å². The Morgan fingerprint density at radius 1 is 1.04 bits per heavy atom. The van der Waals surface area contributed by atoms with Gasteiger partial charge in [-0.15, -0.1) is 0 Å². The Labute approximate surface area is 163 Å². The van der Waals surface area contributed by atoms with Crippen molar-refractivity contribution in [3.8, 4) is 0 Å². The summed E-state index contributed by atoms with van der Waals surface area (Å²) >= 11 is 1.46. The molecule has 2 aliphatic heterocycles. The van der Waals surface area contributed by atoms with Crippen LogP contribution in [0.25, 0.3) is 6.08 Å². The van der Waals surface area contributed by atoms with Crippen molar-refractivity contribution in [1.29, 1.82) is 0 Å². The number of hydrogen-bond donors (Lipinski definition) is 1. The zero-order valence-corrected chi connectivity index (χ0v) is 16.0. The Bertz CT molecular complexity index is 900. The van der Waals surface area contributed by atoms with Crippen LogP contribution >= 0.6 is 11.8 Å². The van der Waals surface area contributed by atoms with E-state index >= 15 is 0 Å². The smallest absolute Gasteiger partial charge is 0.262 e. The van der Waals surface area contributed by atoms with Gasteiger partial charge in [0.2, 0.25) is 0 Å². The lowest BCUT2D eigenvalue weighted by Gasteiger charge is -2.32. The summed E-state index contributed by atoms with van der Waals surface area (Å²) in [5.41, 5.74) is 2.44. The lowest BCUT2D eigenvalue weighted by Crippen LogP contribution is -2.47. The largest absolute Gasteiger partial charge is 0.336 e. The third kappa shape index (κ3) is 3.91. The maximum Gasteiger partial charge on any atom is 0.262 e.